The number of likely N-dealkylation sites (N-methyl/N-ethyl adjacent to an activating group) is 1. The molecule has 0 spiro atoms. The van der Waals surface area contributed by atoms with Crippen LogP contribution in [0.2, 0.25) is 0 Å². The molecule has 1 saturated heterocycles. The highest BCUT2D eigenvalue weighted by Crippen LogP contribution is 2.33. The summed E-state index contributed by atoms with van der Waals surface area (Å²) in [5.74, 6) is -0.316. The number of aryl methyl sites for hydroxylation is 1. The molecule has 1 fully saturated rings. The molecule has 146 valence electrons. The topological polar surface area (TPSA) is 103 Å². The SMILES string of the molecule is Cc1cnc(O)c2cccc(S(=O)(=O)N3CC[C@H](NC(=O)CN(C)C)C3)c12. The molecule has 0 unspecified atom stereocenters. The standard InChI is InChI=1S/C18H24N4O4S/c1-12-9-19-18(24)14-5-4-6-15(17(12)14)27(25,26)22-8-7-13(10-22)20-16(23)11-21(2)3/h4-6,9,13H,7-8,10-11H2,1-3H3,(H,19,24)(H,20,23)/t13-/m0/s1. The molecule has 27 heavy (non-hydrogen) atoms. The highest BCUT2D eigenvalue weighted by Gasteiger charge is 2.34. The van der Waals surface area contributed by atoms with Crippen LogP contribution in [0.5, 0.6) is 5.88 Å². The first-order chi connectivity index (χ1) is 12.7. The van der Waals surface area contributed by atoms with E-state index in [1.807, 2.05) is 0 Å². The summed E-state index contributed by atoms with van der Waals surface area (Å²) >= 11 is 0. The lowest BCUT2D eigenvalue weighted by molar-refractivity contribution is -0.122. The Morgan fingerprint density at radius 1 is 1.41 bits per heavy atom. The molecule has 2 heterocycles. The first-order valence-electron chi connectivity index (χ1n) is 8.71. The van der Waals surface area contributed by atoms with Crippen molar-refractivity contribution in [1.29, 1.82) is 0 Å². The van der Waals surface area contributed by atoms with Gasteiger partial charge in [-0.3, -0.25) is 4.79 Å². The normalized spacial score (nSPS) is 18.3. The van der Waals surface area contributed by atoms with Gasteiger partial charge in [-0.05, 0) is 45.1 Å². The van der Waals surface area contributed by atoms with E-state index >= 15 is 0 Å². The molecule has 0 bridgehead atoms. The number of nitrogens with zero attached hydrogens (tertiary/aromatic N) is 3. The third kappa shape index (κ3) is 3.90. The maximum atomic E-state index is 13.2. The number of aromatic nitrogens is 1. The summed E-state index contributed by atoms with van der Waals surface area (Å²) in [6.45, 7) is 2.59. The maximum absolute atomic E-state index is 13.2. The number of hydrogen-bond donors (Lipinski definition) is 2. The minimum absolute atomic E-state index is 0.124. The Labute approximate surface area is 158 Å². The number of aromatic hydroxyl groups is 1. The van der Waals surface area contributed by atoms with E-state index < -0.39 is 10.0 Å². The van der Waals surface area contributed by atoms with Gasteiger partial charge in [-0.15, -0.1) is 0 Å². The molecule has 1 aliphatic rings. The van der Waals surface area contributed by atoms with E-state index in [9.17, 15) is 18.3 Å². The van der Waals surface area contributed by atoms with Crippen LogP contribution in [0.3, 0.4) is 0 Å². The molecular formula is C18H24N4O4S. The number of pyridine rings is 1. The summed E-state index contributed by atoms with van der Waals surface area (Å²) in [6, 6.07) is 4.58. The molecule has 2 aromatic rings. The van der Waals surface area contributed by atoms with Gasteiger partial charge in [-0.25, -0.2) is 13.4 Å². The molecule has 1 aromatic heterocycles. The van der Waals surface area contributed by atoms with Crippen molar-refractivity contribution in [1.82, 2.24) is 19.5 Å². The van der Waals surface area contributed by atoms with Gasteiger partial charge in [0.25, 0.3) is 0 Å². The van der Waals surface area contributed by atoms with Crippen molar-refractivity contribution >= 4 is 26.7 Å². The van der Waals surface area contributed by atoms with Crippen LogP contribution in [0.15, 0.2) is 29.3 Å². The second-order valence-corrected chi connectivity index (χ2v) is 9.00. The number of hydrogen-bond acceptors (Lipinski definition) is 6. The average Bonchev–Trinajstić information content (AvgIpc) is 3.06. The molecule has 9 heteroatoms. The Bertz CT molecular complexity index is 975. The average molecular weight is 392 g/mol. The predicted octanol–water partition coefficient (Wildman–Crippen LogP) is 0.690. The number of benzene rings is 1. The number of amides is 1. The van der Waals surface area contributed by atoms with Crippen LogP contribution in [-0.2, 0) is 14.8 Å². The van der Waals surface area contributed by atoms with Crippen LogP contribution in [-0.4, -0.2) is 73.4 Å². The smallest absolute Gasteiger partial charge is 0.243 e. The van der Waals surface area contributed by atoms with E-state index in [4.69, 9.17) is 0 Å². The predicted molar refractivity (Wildman–Crippen MR) is 102 cm³/mol. The van der Waals surface area contributed by atoms with Gasteiger partial charge in [0.15, 0.2) is 0 Å². The van der Waals surface area contributed by atoms with Gasteiger partial charge >= 0.3 is 0 Å². The zero-order valence-corrected chi connectivity index (χ0v) is 16.5. The lowest BCUT2D eigenvalue weighted by Gasteiger charge is -2.19. The van der Waals surface area contributed by atoms with Crippen molar-refractivity contribution < 1.29 is 18.3 Å². The van der Waals surface area contributed by atoms with Gasteiger partial charge in [0.05, 0.1) is 11.4 Å². The molecule has 2 N–H and O–H groups in total. The van der Waals surface area contributed by atoms with E-state index in [0.717, 1.165) is 0 Å². The number of sulfonamides is 1. The zero-order chi connectivity index (χ0) is 19.8. The first-order valence-corrected chi connectivity index (χ1v) is 10.2. The second kappa shape index (κ2) is 7.41. The Kier molecular flexibility index (Phi) is 5.36. The molecule has 0 radical (unpaired) electrons. The fourth-order valence-electron chi connectivity index (χ4n) is 3.40. The number of rotatable bonds is 5. The van der Waals surface area contributed by atoms with Crippen LogP contribution in [0.4, 0.5) is 0 Å². The lowest BCUT2D eigenvalue weighted by Crippen LogP contribution is -2.42. The summed E-state index contributed by atoms with van der Waals surface area (Å²) in [7, 11) is -0.156. The zero-order valence-electron chi connectivity index (χ0n) is 15.6. The number of nitrogens with one attached hydrogen (secondary N) is 1. The molecule has 3 rings (SSSR count). The van der Waals surface area contributed by atoms with E-state index in [1.54, 1.807) is 44.1 Å². The monoisotopic (exact) mass is 392 g/mol. The molecule has 0 saturated carbocycles. The molecular weight excluding hydrogens is 368 g/mol. The van der Waals surface area contributed by atoms with Gasteiger partial charge in [0.1, 0.15) is 0 Å². The highest BCUT2D eigenvalue weighted by molar-refractivity contribution is 7.89. The van der Waals surface area contributed by atoms with Crippen molar-refractivity contribution in [2.45, 2.75) is 24.3 Å². The van der Waals surface area contributed by atoms with E-state index in [1.165, 1.54) is 10.5 Å². The Morgan fingerprint density at radius 2 is 2.15 bits per heavy atom. The van der Waals surface area contributed by atoms with Crippen molar-refractivity contribution in [3.05, 3.63) is 30.0 Å². The molecule has 1 aromatic carbocycles. The van der Waals surface area contributed by atoms with Crippen molar-refractivity contribution in [2.24, 2.45) is 0 Å². The third-order valence-corrected chi connectivity index (χ3v) is 6.54. The van der Waals surface area contributed by atoms with Crippen LogP contribution in [0, 0.1) is 6.92 Å². The summed E-state index contributed by atoms with van der Waals surface area (Å²) in [4.78, 5) is 17.7. The van der Waals surface area contributed by atoms with E-state index in [2.05, 4.69) is 10.3 Å². The third-order valence-electron chi connectivity index (χ3n) is 4.64. The van der Waals surface area contributed by atoms with Crippen LogP contribution in [0.1, 0.15) is 12.0 Å². The lowest BCUT2D eigenvalue weighted by atomic mass is 10.1. The van der Waals surface area contributed by atoms with Gasteiger partial charge in [-0.2, -0.15) is 4.31 Å². The molecule has 1 amide bonds. The minimum Gasteiger partial charge on any atom is -0.493 e. The van der Waals surface area contributed by atoms with Gasteiger partial charge in [-0.1, -0.05) is 6.07 Å². The van der Waals surface area contributed by atoms with Gasteiger partial charge < -0.3 is 15.3 Å². The largest absolute Gasteiger partial charge is 0.493 e. The molecule has 1 aliphatic heterocycles. The van der Waals surface area contributed by atoms with Crippen LogP contribution in [0.25, 0.3) is 10.8 Å². The van der Waals surface area contributed by atoms with Crippen molar-refractivity contribution in [2.75, 3.05) is 33.7 Å². The summed E-state index contributed by atoms with van der Waals surface area (Å²) in [6.07, 6.45) is 2.03. The van der Waals surface area contributed by atoms with E-state index in [0.29, 0.717) is 29.3 Å². The summed E-state index contributed by atoms with van der Waals surface area (Å²) < 4.78 is 27.8. The summed E-state index contributed by atoms with van der Waals surface area (Å²) in [5, 5.41) is 13.8. The van der Waals surface area contributed by atoms with Gasteiger partial charge in [0.2, 0.25) is 21.8 Å². The summed E-state index contributed by atoms with van der Waals surface area (Å²) in [5.41, 5.74) is 0.678. The first kappa shape index (κ1) is 19.5. The second-order valence-electron chi connectivity index (χ2n) is 7.10. The van der Waals surface area contributed by atoms with Gasteiger partial charge in [0, 0.05) is 36.1 Å². The fraction of sp³-hybridized carbons (Fsp3) is 0.444. The highest BCUT2D eigenvalue weighted by atomic mass is 32.2. The minimum atomic E-state index is -3.76. The number of fused-ring (bicyclic) bond motifs is 1. The van der Waals surface area contributed by atoms with Crippen molar-refractivity contribution in [3.8, 4) is 5.88 Å². The maximum Gasteiger partial charge on any atom is 0.243 e. The van der Waals surface area contributed by atoms with Crippen LogP contribution < -0.4 is 5.32 Å². The number of carbonyl (C=O) groups excluding carboxylic acids is 1. The quantitative estimate of drug-likeness (QED) is 0.776. The molecule has 1 atom stereocenters. The van der Waals surface area contributed by atoms with Crippen molar-refractivity contribution in [3.63, 3.8) is 0 Å². The molecule has 0 aliphatic carbocycles. The van der Waals surface area contributed by atoms with E-state index in [-0.39, 0.29) is 35.8 Å². The van der Waals surface area contributed by atoms with Crippen LogP contribution >= 0.6 is 0 Å². The number of carbonyl (C=O) groups is 1. The Hall–Kier alpha value is -2.23. The Balaban J connectivity index is 1.87. The Morgan fingerprint density at radius 3 is 2.85 bits per heavy atom. The fourth-order valence-corrected chi connectivity index (χ4v) is 5.17. The molecule has 8 nitrogen and oxygen atoms in total.